The number of benzene rings is 1. The van der Waals surface area contributed by atoms with Crippen molar-refractivity contribution in [3.63, 3.8) is 0 Å². The number of carbonyl (C=O) groups excluding carboxylic acids is 1. The predicted octanol–water partition coefficient (Wildman–Crippen LogP) is 1.08. The van der Waals surface area contributed by atoms with Crippen molar-refractivity contribution in [3.8, 4) is 17.1 Å². The minimum Gasteiger partial charge on any atom is -0.491 e. The second kappa shape index (κ2) is 11.0. The Balaban J connectivity index is 1.89. The lowest BCUT2D eigenvalue weighted by Crippen LogP contribution is -2.37. The smallest absolute Gasteiger partial charge is 0.269 e. The normalized spacial score (nSPS) is 15.4. The SMILES string of the molecule is CNCC(O)COc1cccc(-c2nc(C(=O)NC)cc(N(C)C3CCOCC3)n2)c1. The lowest BCUT2D eigenvalue weighted by molar-refractivity contribution is 0.0853. The average molecular weight is 430 g/mol. The van der Waals surface area contributed by atoms with Crippen LogP contribution in [0.4, 0.5) is 5.82 Å². The predicted molar refractivity (Wildman–Crippen MR) is 119 cm³/mol. The van der Waals surface area contributed by atoms with E-state index < -0.39 is 6.10 Å². The molecule has 9 heteroatoms. The van der Waals surface area contributed by atoms with Crippen LogP contribution in [-0.2, 0) is 4.74 Å². The van der Waals surface area contributed by atoms with Crippen LogP contribution in [0.1, 0.15) is 23.3 Å². The van der Waals surface area contributed by atoms with Crippen LogP contribution < -0.4 is 20.3 Å². The van der Waals surface area contributed by atoms with Crippen LogP contribution in [-0.4, -0.2) is 80.6 Å². The van der Waals surface area contributed by atoms with Crippen LogP contribution in [0.15, 0.2) is 30.3 Å². The van der Waals surface area contributed by atoms with Gasteiger partial charge in [-0.25, -0.2) is 9.97 Å². The van der Waals surface area contributed by atoms with E-state index >= 15 is 0 Å². The largest absolute Gasteiger partial charge is 0.491 e. The fourth-order valence-corrected chi connectivity index (χ4v) is 3.46. The highest BCUT2D eigenvalue weighted by Gasteiger charge is 2.22. The Morgan fingerprint density at radius 1 is 1.29 bits per heavy atom. The zero-order valence-electron chi connectivity index (χ0n) is 18.3. The maximum absolute atomic E-state index is 12.4. The number of nitrogens with one attached hydrogen (secondary N) is 2. The molecule has 1 aromatic carbocycles. The number of hydrogen-bond acceptors (Lipinski definition) is 8. The van der Waals surface area contributed by atoms with Crippen molar-refractivity contribution < 1.29 is 19.4 Å². The molecule has 2 heterocycles. The van der Waals surface area contributed by atoms with Crippen LogP contribution in [0.25, 0.3) is 11.4 Å². The summed E-state index contributed by atoms with van der Waals surface area (Å²) in [5.41, 5.74) is 1.03. The lowest BCUT2D eigenvalue weighted by atomic mass is 10.1. The number of anilines is 1. The summed E-state index contributed by atoms with van der Waals surface area (Å²) in [7, 11) is 5.34. The molecular formula is C22H31N5O4. The fourth-order valence-electron chi connectivity index (χ4n) is 3.46. The van der Waals surface area contributed by atoms with E-state index in [-0.39, 0.29) is 18.6 Å². The first-order chi connectivity index (χ1) is 15.0. The molecule has 0 spiro atoms. The first kappa shape index (κ1) is 22.9. The first-order valence-electron chi connectivity index (χ1n) is 10.5. The second-order valence-corrected chi connectivity index (χ2v) is 7.52. The molecule has 1 unspecified atom stereocenters. The van der Waals surface area contributed by atoms with E-state index in [2.05, 4.69) is 20.5 Å². The minimum atomic E-state index is -0.610. The third-order valence-electron chi connectivity index (χ3n) is 5.25. The highest BCUT2D eigenvalue weighted by Crippen LogP contribution is 2.26. The Kier molecular flexibility index (Phi) is 8.16. The molecule has 1 amide bonds. The maximum Gasteiger partial charge on any atom is 0.269 e. The molecule has 3 rings (SSSR count). The van der Waals surface area contributed by atoms with Gasteiger partial charge >= 0.3 is 0 Å². The topological polar surface area (TPSA) is 109 Å². The van der Waals surface area contributed by atoms with Crippen molar-refractivity contribution in [2.45, 2.75) is 25.0 Å². The van der Waals surface area contributed by atoms with Gasteiger partial charge in [0.2, 0.25) is 0 Å². The van der Waals surface area contributed by atoms with Crippen molar-refractivity contribution in [2.24, 2.45) is 0 Å². The number of nitrogens with zero attached hydrogens (tertiary/aromatic N) is 3. The summed E-state index contributed by atoms with van der Waals surface area (Å²) in [6, 6.07) is 9.34. The van der Waals surface area contributed by atoms with Gasteiger partial charge < -0.3 is 30.1 Å². The molecule has 1 atom stereocenters. The van der Waals surface area contributed by atoms with E-state index in [1.807, 2.05) is 31.3 Å². The van der Waals surface area contributed by atoms with Crippen molar-refractivity contribution in [2.75, 3.05) is 52.4 Å². The molecule has 3 N–H and O–H groups in total. The van der Waals surface area contributed by atoms with E-state index in [1.165, 1.54) is 0 Å². The van der Waals surface area contributed by atoms with Crippen LogP contribution in [0.2, 0.25) is 0 Å². The Morgan fingerprint density at radius 3 is 2.77 bits per heavy atom. The van der Waals surface area contributed by atoms with E-state index in [4.69, 9.17) is 14.5 Å². The van der Waals surface area contributed by atoms with E-state index in [0.717, 1.165) is 18.4 Å². The van der Waals surface area contributed by atoms with Crippen molar-refractivity contribution in [1.29, 1.82) is 0 Å². The van der Waals surface area contributed by atoms with Gasteiger partial charge in [0.1, 0.15) is 30.0 Å². The molecule has 1 fully saturated rings. The Hall–Kier alpha value is -2.75. The number of aliphatic hydroxyl groups is 1. The average Bonchev–Trinajstić information content (AvgIpc) is 2.82. The van der Waals surface area contributed by atoms with Gasteiger partial charge in [-0.3, -0.25) is 4.79 Å². The molecule has 168 valence electrons. The van der Waals surface area contributed by atoms with E-state index in [1.54, 1.807) is 20.2 Å². The van der Waals surface area contributed by atoms with Gasteiger partial charge in [0.25, 0.3) is 5.91 Å². The molecule has 0 radical (unpaired) electrons. The van der Waals surface area contributed by atoms with Crippen LogP contribution in [0, 0.1) is 0 Å². The molecule has 31 heavy (non-hydrogen) atoms. The monoisotopic (exact) mass is 429 g/mol. The number of aromatic nitrogens is 2. The minimum absolute atomic E-state index is 0.168. The molecule has 0 saturated carbocycles. The summed E-state index contributed by atoms with van der Waals surface area (Å²) in [4.78, 5) is 23.7. The summed E-state index contributed by atoms with van der Waals surface area (Å²) in [6.07, 6.45) is 1.20. The number of carbonyl (C=O) groups is 1. The van der Waals surface area contributed by atoms with Gasteiger partial charge in [-0.05, 0) is 32.0 Å². The van der Waals surface area contributed by atoms with Gasteiger partial charge in [0, 0.05) is 51.5 Å². The molecular weight excluding hydrogens is 398 g/mol. The summed E-state index contributed by atoms with van der Waals surface area (Å²) in [5, 5.41) is 15.4. The van der Waals surface area contributed by atoms with Gasteiger partial charge in [-0.15, -0.1) is 0 Å². The summed E-state index contributed by atoms with van der Waals surface area (Å²) < 4.78 is 11.2. The number of rotatable bonds is 9. The maximum atomic E-state index is 12.4. The van der Waals surface area contributed by atoms with Gasteiger partial charge in [0.05, 0.1) is 0 Å². The summed E-state index contributed by atoms with van der Waals surface area (Å²) in [6.45, 7) is 2.04. The summed E-state index contributed by atoms with van der Waals surface area (Å²) in [5.74, 6) is 1.45. The Morgan fingerprint density at radius 2 is 2.06 bits per heavy atom. The first-order valence-corrected chi connectivity index (χ1v) is 10.5. The second-order valence-electron chi connectivity index (χ2n) is 7.52. The molecule has 1 aliphatic heterocycles. The van der Waals surface area contributed by atoms with E-state index in [0.29, 0.717) is 42.8 Å². The zero-order valence-corrected chi connectivity index (χ0v) is 18.3. The number of amides is 1. The highest BCUT2D eigenvalue weighted by atomic mass is 16.5. The van der Waals surface area contributed by atoms with Gasteiger partial charge in [-0.1, -0.05) is 12.1 Å². The zero-order chi connectivity index (χ0) is 22.2. The highest BCUT2D eigenvalue weighted by molar-refractivity contribution is 5.93. The molecule has 1 aromatic heterocycles. The van der Waals surface area contributed by atoms with E-state index in [9.17, 15) is 9.90 Å². The van der Waals surface area contributed by atoms with Gasteiger partial charge in [-0.2, -0.15) is 0 Å². The van der Waals surface area contributed by atoms with Gasteiger partial charge in [0.15, 0.2) is 5.82 Å². The van der Waals surface area contributed by atoms with Crippen molar-refractivity contribution in [3.05, 3.63) is 36.0 Å². The van der Waals surface area contributed by atoms with Crippen molar-refractivity contribution >= 4 is 11.7 Å². The Labute approximate surface area is 182 Å². The third-order valence-corrected chi connectivity index (χ3v) is 5.25. The van der Waals surface area contributed by atoms with Crippen LogP contribution in [0.3, 0.4) is 0 Å². The molecule has 2 aromatic rings. The van der Waals surface area contributed by atoms with Crippen LogP contribution in [0.5, 0.6) is 5.75 Å². The summed E-state index contributed by atoms with van der Waals surface area (Å²) >= 11 is 0. The van der Waals surface area contributed by atoms with Crippen molar-refractivity contribution in [1.82, 2.24) is 20.6 Å². The molecule has 9 nitrogen and oxygen atoms in total. The standard InChI is InChI=1S/C22H31N5O4/c1-23-13-17(28)14-31-18-6-4-5-15(11-18)21-25-19(22(29)24-2)12-20(26-21)27(3)16-7-9-30-10-8-16/h4-6,11-12,16-17,23,28H,7-10,13-14H2,1-3H3,(H,24,29). The molecule has 1 saturated heterocycles. The lowest BCUT2D eigenvalue weighted by Gasteiger charge is -2.32. The number of hydrogen-bond donors (Lipinski definition) is 3. The number of aliphatic hydroxyl groups excluding tert-OH is 1. The molecule has 0 bridgehead atoms. The fraction of sp³-hybridized carbons (Fsp3) is 0.500. The third kappa shape index (κ3) is 6.13. The van der Waals surface area contributed by atoms with Crippen LogP contribution >= 0.6 is 0 Å². The number of likely N-dealkylation sites (N-methyl/N-ethyl adjacent to an activating group) is 1. The molecule has 1 aliphatic rings. The molecule has 0 aliphatic carbocycles. The Bertz CT molecular complexity index is 873. The quantitative estimate of drug-likeness (QED) is 0.543. The number of ether oxygens (including phenoxy) is 2.